The predicted octanol–water partition coefficient (Wildman–Crippen LogP) is 2.53. The number of hydrogen-bond acceptors (Lipinski definition) is 6. The molecule has 0 radical (unpaired) electrons. The highest BCUT2D eigenvalue weighted by Crippen LogP contribution is 2.27. The van der Waals surface area contributed by atoms with Gasteiger partial charge in [0.05, 0.1) is 29.5 Å². The van der Waals surface area contributed by atoms with Crippen molar-refractivity contribution in [2.75, 3.05) is 38.2 Å². The van der Waals surface area contributed by atoms with Crippen LogP contribution in [0.2, 0.25) is 0 Å². The van der Waals surface area contributed by atoms with Crippen molar-refractivity contribution in [3.63, 3.8) is 0 Å². The summed E-state index contributed by atoms with van der Waals surface area (Å²) in [4.78, 5) is 18.3. The summed E-state index contributed by atoms with van der Waals surface area (Å²) in [6, 6.07) is 14.0. The molecular weight excluding hydrogens is 390 g/mol. The maximum Gasteiger partial charge on any atom is 0.337 e. The van der Waals surface area contributed by atoms with Crippen molar-refractivity contribution < 1.29 is 17.9 Å². The number of benzene rings is 2. The Labute approximate surface area is 169 Å². The summed E-state index contributed by atoms with van der Waals surface area (Å²) in [6.07, 6.45) is 3.65. The lowest BCUT2D eigenvalue weighted by Gasteiger charge is -2.35. The molecule has 7 nitrogen and oxygen atoms in total. The third-order valence-electron chi connectivity index (χ3n) is 5.12. The SMILES string of the molecule is COC(=O)c1cccc(S(=O)(=O)N2CCN(c3cncc4ccccc34)CC2)c1. The summed E-state index contributed by atoms with van der Waals surface area (Å²) in [5.41, 5.74) is 1.22. The van der Waals surface area contributed by atoms with E-state index in [4.69, 9.17) is 0 Å². The van der Waals surface area contributed by atoms with Gasteiger partial charge in [-0.05, 0) is 18.2 Å². The van der Waals surface area contributed by atoms with Gasteiger partial charge in [0.15, 0.2) is 0 Å². The molecule has 0 unspecified atom stereocenters. The molecule has 0 saturated carbocycles. The molecule has 3 aromatic rings. The smallest absolute Gasteiger partial charge is 0.337 e. The van der Waals surface area contributed by atoms with Crippen molar-refractivity contribution in [2.45, 2.75) is 4.90 Å². The Morgan fingerprint density at radius 3 is 2.52 bits per heavy atom. The zero-order chi connectivity index (χ0) is 20.4. The lowest BCUT2D eigenvalue weighted by Crippen LogP contribution is -2.48. The molecule has 2 heterocycles. The maximum atomic E-state index is 13.0. The fourth-order valence-corrected chi connectivity index (χ4v) is 5.04. The van der Waals surface area contributed by atoms with Gasteiger partial charge in [0.1, 0.15) is 0 Å². The number of carbonyl (C=O) groups is 1. The van der Waals surface area contributed by atoms with Crippen LogP contribution in [0.3, 0.4) is 0 Å². The Morgan fingerprint density at radius 2 is 1.76 bits per heavy atom. The normalized spacial score (nSPS) is 15.4. The van der Waals surface area contributed by atoms with Crippen LogP contribution in [0.15, 0.2) is 65.8 Å². The summed E-state index contributed by atoms with van der Waals surface area (Å²) < 4.78 is 32.2. The lowest BCUT2D eigenvalue weighted by molar-refractivity contribution is 0.0600. The van der Waals surface area contributed by atoms with E-state index in [9.17, 15) is 13.2 Å². The van der Waals surface area contributed by atoms with Crippen LogP contribution in [0.25, 0.3) is 10.8 Å². The van der Waals surface area contributed by atoms with Crippen LogP contribution in [0.5, 0.6) is 0 Å². The second kappa shape index (κ2) is 7.81. The Bertz CT molecular complexity index is 1150. The molecule has 1 aliphatic heterocycles. The Morgan fingerprint density at radius 1 is 1.00 bits per heavy atom. The van der Waals surface area contributed by atoms with Crippen molar-refractivity contribution in [1.29, 1.82) is 0 Å². The number of piperazine rings is 1. The summed E-state index contributed by atoms with van der Waals surface area (Å²) >= 11 is 0. The molecule has 29 heavy (non-hydrogen) atoms. The molecule has 8 heteroatoms. The average Bonchev–Trinajstić information content (AvgIpc) is 2.78. The number of aromatic nitrogens is 1. The number of carbonyl (C=O) groups excluding carboxylic acids is 1. The van der Waals surface area contributed by atoms with Crippen molar-refractivity contribution >= 4 is 32.5 Å². The lowest BCUT2D eigenvalue weighted by atomic mass is 10.1. The van der Waals surface area contributed by atoms with Crippen molar-refractivity contribution in [3.05, 3.63) is 66.5 Å². The molecule has 0 atom stereocenters. The molecular formula is C21H21N3O4S. The number of esters is 1. The van der Waals surface area contributed by atoms with E-state index in [-0.39, 0.29) is 10.5 Å². The number of fused-ring (bicyclic) bond motifs is 1. The van der Waals surface area contributed by atoms with Crippen LogP contribution in [0, 0.1) is 0 Å². The molecule has 2 aromatic carbocycles. The maximum absolute atomic E-state index is 13.0. The van der Waals surface area contributed by atoms with E-state index in [0.717, 1.165) is 16.5 Å². The molecule has 0 aliphatic carbocycles. The van der Waals surface area contributed by atoms with Gasteiger partial charge < -0.3 is 9.64 Å². The Balaban J connectivity index is 1.54. The van der Waals surface area contributed by atoms with E-state index < -0.39 is 16.0 Å². The standard InChI is InChI=1S/C21H21N3O4S/c1-28-21(25)16-6-4-7-18(13-16)29(26,27)24-11-9-23(10-12-24)20-15-22-14-17-5-2-3-8-19(17)20/h2-8,13-15H,9-12H2,1H3. The summed E-state index contributed by atoms with van der Waals surface area (Å²) in [6.45, 7) is 1.83. The van der Waals surface area contributed by atoms with E-state index in [1.807, 2.05) is 36.7 Å². The Hall–Kier alpha value is -2.97. The number of pyridine rings is 1. The van der Waals surface area contributed by atoms with E-state index in [1.165, 1.54) is 29.6 Å². The van der Waals surface area contributed by atoms with Crippen LogP contribution < -0.4 is 4.90 Å². The topological polar surface area (TPSA) is 79.8 Å². The van der Waals surface area contributed by atoms with Gasteiger partial charge in [0.25, 0.3) is 0 Å². The molecule has 1 aromatic heterocycles. The van der Waals surface area contributed by atoms with E-state index >= 15 is 0 Å². The second-order valence-corrected chi connectivity index (χ2v) is 8.73. The molecule has 150 valence electrons. The summed E-state index contributed by atoms with van der Waals surface area (Å²) in [5.74, 6) is -0.560. The summed E-state index contributed by atoms with van der Waals surface area (Å²) in [7, 11) is -2.42. The van der Waals surface area contributed by atoms with Crippen LogP contribution in [-0.2, 0) is 14.8 Å². The Kier molecular flexibility index (Phi) is 5.21. The molecule has 0 bridgehead atoms. The number of rotatable bonds is 4. The fourth-order valence-electron chi connectivity index (χ4n) is 3.57. The van der Waals surface area contributed by atoms with Crippen molar-refractivity contribution in [2.24, 2.45) is 0 Å². The van der Waals surface area contributed by atoms with E-state index in [0.29, 0.717) is 26.2 Å². The third-order valence-corrected chi connectivity index (χ3v) is 7.01. The van der Waals surface area contributed by atoms with Crippen LogP contribution >= 0.6 is 0 Å². The van der Waals surface area contributed by atoms with Crippen molar-refractivity contribution in [3.8, 4) is 0 Å². The van der Waals surface area contributed by atoms with Gasteiger partial charge in [-0.25, -0.2) is 13.2 Å². The van der Waals surface area contributed by atoms with Gasteiger partial charge >= 0.3 is 5.97 Å². The minimum atomic E-state index is -3.69. The van der Waals surface area contributed by atoms with Gasteiger partial charge in [0, 0.05) is 43.1 Å². The first-order chi connectivity index (χ1) is 14.0. The number of hydrogen-bond donors (Lipinski definition) is 0. The number of ether oxygens (including phenoxy) is 1. The van der Waals surface area contributed by atoms with E-state index in [2.05, 4.69) is 14.6 Å². The van der Waals surface area contributed by atoms with Gasteiger partial charge in [0.2, 0.25) is 10.0 Å². The molecule has 1 fully saturated rings. The average molecular weight is 411 g/mol. The van der Waals surface area contributed by atoms with Crippen LogP contribution in [0.4, 0.5) is 5.69 Å². The minimum Gasteiger partial charge on any atom is -0.465 e. The molecule has 1 aliphatic rings. The first kappa shape index (κ1) is 19.4. The number of anilines is 1. The van der Waals surface area contributed by atoms with Crippen molar-refractivity contribution in [1.82, 2.24) is 9.29 Å². The largest absolute Gasteiger partial charge is 0.465 e. The molecule has 0 amide bonds. The molecule has 1 saturated heterocycles. The second-order valence-electron chi connectivity index (χ2n) is 6.79. The van der Waals surface area contributed by atoms with Crippen LogP contribution in [0.1, 0.15) is 10.4 Å². The minimum absolute atomic E-state index is 0.0978. The highest BCUT2D eigenvalue weighted by Gasteiger charge is 2.29. The van der Waals surface area contributed by atoms with Crippen LogP contribution in [-0.4, -0.2) is 57.0 Å². The number of sulfonamides is 1. The van der Waals surface area contributed by atoms with Gasteiger partial charge in [-0.3, -0.25) is 4.98 Å². The molecule has 0 spiro atoms. The first-order valence-corrected chi connectivity index (χ1v) is 10.7. The molecule has 0 N–H and O–H groups in total. The predicted molar refractivity (Wildman–Crippen MR) is 110 cm³/mol. The number of nitrogens with zero attached hydrogens (tertiary/aromatic N) is 3. The van der Waals surface area contributed by atoms with Gasteiger partial charge in [-0.1, -0.05) is 30.3 Å². The zero-order valence-electron chi connectivity index (χ0n) is 16.0. The fraction of sp³-hybridized carbons (Fsp3) is 0.238. The van der Waals surface area contributed by atoms with Gasteiger partial charge in [-0.2, -0.15) is 4.31 Å². The molecule has 4 rings (SSSR count). The number of methoxy groups -OCH3 is 1. The third kappa shape index (κ3) is 3.68. The van der Waals surface area contributed by atoms with E-state index in [1.54, 1.807) is 6.07 Å². The highest BCUT2D eigenvalue weighted by atomic mass is 32.2. The monoisotopic (exact) mass is 411 g/mol. The zero-order valence-corrected chi connectivity index (χ0v) is 16.8. The first-order valence-electron chi connectivity index (χ1n) is 9.27. The quantitative estimate of drug-likeness (QED) is 0.614. The summed E-state index contributed by atoms with van der Waals surface area (Å²) in [5, 5.41) is 2.16. The van der Waals surface area contributed by atoms with Gasteiger partial charge in [-0.15, -0.1) is 0 Å². The highest BCUT2D eigenvalue weighted by molar-refractivity contribution is 7.89.